The molecule has 6 aromatic rings. The van der Waals surface area contributed by atoms with Gasteiger partial charge in [-0.15, -0.1) is 11.3 Å². The Labute approximate surface area is 389 Å². The summed E-state index contributed by atoms with van der Waals surface area (Å²) in [6.45, 7) is 5.07. The zero-order valence-corrected chi connectivity index (χ0v) is 39.4. The number of carbonyl (C=O) groups is 3. The third-order valence-corrected chi connectivity index (χ3v) is 14.7. The molecular weight excluding hydrogens is 899 g/mol. The first-order valence-corrected chi connectivity index (χ1v) is 25.1. The number of aliphatic imine (C=N–C) groups is 1. The van der Waals surface area contributed by atoms with Crippen molar-refractivity contribution in [3.63, 3.8) is 0 Å². The van der Waals surface area contributed by atoms with Gasteiger partial charge in [0.25, 0.3) is 10.0 Å². The number of carbonyl (C=O) groups excluding carboxylic acids is 3. The molecule has 18 heteroatoms. The lowest BCUT2D eigenvalue weighted by Gasteiger charge is -2.25. The summed E-state index contributed by atoms with van der Waals surface area (Å²) < 4.78 is 64.3. The van der Waals surface area contributed by atoms with Gasteiger partial charge in [-0.25, -0.2) is 31.3 Å². The molecular formula is C48H53N7O8S3. The number of methoxy groups -OCH3 is 1. The Hall–Kier alpha value is -6.47. The number of sulfonamides is 2. The van der Waals surface area contributed by atoms with Crippen molar-refractivity contribution in [2.24, 2.45) is 10.7 Å². The normalized spacial score (nSPS) is 13.4. The molecule has 0 aliphatic heterocycles. The van der Waals surface area contributed by atoms with Gasteiger partial charge < -0.3 is 21.1 Å². The molecule has 6 rings (SSSR count). The van der Waals surface area contributed by atoms with E-state index in [0.717, 1.165) is 22.1 Å². The summed E-state index contributed by atoms with van der Waals surface area (Å²) >= 11 is 1.09. The molecule has 0 aliphatic carbocycles. The molecule has 2 amide bonds. The summed E-state index contributed by atoms with van der Waals surface area (Å²) in [5.74, 6) is -2.12. The lowest BCUT2D eigenvalue weighted by atomic mass is 9.99. The van der Waals surface area contributed by atoms with E-state index in [1.54, 1.807) is 92.9 Å². The number of rotatable bonds is 21. The fraction of sp³-hybridized carbons (Fsp3) is 0.271. The molecule has 6 N–H and O–H groups in total. The van der Waals surface area contributed by atoms with Crippen molar-refractivity contribution < 1.29 is 36.0 Å². The molecule has 0 saturated heterocycles. The van der Waals surface area contributed by atoms with Crippen molar-refractivity contribution in [2.75, 3.05) is 13.7 Å². The standard InChI is InChI=1S/C48H53N7O8S3/c1-31-26-42(63-4)32(2)33(3)44(31)66(61,62)55-48(49)51-23-13-20-39(43(56)47-50-24-25-64-47)52-45(57)40(29-36-21-22-37-18-11-12-19-38(37)27-36)53-46(58)41(28-34-14-7-5-8-15-34)54-65(59,60)30-35-16-9-6-10-17-35/h5-12,14-19,21-22,24-27,39-41,54H,13,20,23,28-30H2,1-4H3,(H,52,57)(H,53,58)(H3,49,51,55)/t39-,40-,41+/m0/s1. The summed E-state index contributed by atoms with van der Waals surface area (Å²) in [5, 5.41) is 9.30. The number of Topliss-reactive ketones (excluding diaryl/α,β-unsaturated/α-hetero) is 1. The number of thiazole rings is 1. The Morgan fingerprint density at radius 3 is 2.03 bits per heavy atom. The minimum atomic E-state index is -4.14. The molecule has 15 nitrogen and oxygen atoms in total. The van der Waals surface area contributed by atoms with Crippen LogP contribution >= 0.6 is 11.3 Å². The number of nitrogens with zero attached hydrogens (tertiary/aromatic N) is 2. The average molecular weight is 952 g/mol. The van der Waals surface area contributed by atoms with Gasteiger partial charge in [-0.3, -0.25) is 19.4 Å². The number of guanidine groups is 1. The van der Waals surface area contributed by atoms with Crippen LogP contribution in [0.1, 0.15) is 56.0 Å². The van der Waals surface area contributed by atoms with Crippen molar-refractivity contribution in [2.45, 2.75) is 75.2 Å². The molecule has 1 heterocycles. The number of ether oxygens (including phenoxy) is 1. The van der Waals surface area contributed by atoms with E-state index in [1.165, 1.54) is 13.3 Å². The van der Waals surface area contributed by atoms with Gasteiger partial charge in [0.15, 0.2) is 5.01 Å². The molecule has 0 fully saturated rings. The van der Waals surface area contributed by atoms with Crippen LogP contribution < -0.4 is 30.5 Å². The first-order chi connectivity index (χ1) is 31.5. The van der Waals surface area contributed by atoms with Crippen LogP contribution in [-0.2, 0) is 48.2 Å². The molecule has 0 radical (unpaired) electrons. The lowest BCUT2D eigenvalue weighted by Crippen LogP contribution is -2.57. The van der Waals surface area contributed by atoms with E-state index >= 15 is 0 Å². The molecule has 66 heavy (non-hydrogen) atoms. The van der Waals surface area contributed by atoms with E-state index in [2.05, 4.69) is 30.1 Å². The van der Waals surface area contributed by atoms with Gasteiger partial charge in [0.05, 0.1) is 23.8 Å². The smallest absolute Gasteiger partial charge is 0.264 e. The van der Waals surface area contributed by atoms with Crippen LogP contribution in [-0.4, -0.2) is 77.2 Å². The van der Waals surface area contributed by atoms with Gasteiger partial charge in [0.2, 0.25) is 33.6 Å². The second-order valence-electron chi connectivity index (χ2n) is 15.8. The molecule has 0 spiro atoms. The summed E-state index contributed by atoms with van der Waals surface area (Å²) in [4.78, 5) is 51.3. The van der Waals surface area contributed by atoms with Gasteiger partial charge in [-0.2, -0.15) is 0 Å². The first-order valence-electron chi connectivity index (χ1n) is 21.1. The predicted molar refractivity (Wildman–Crippen MR) is 257 cm³/mol. The summed E-state index contributed by atoms with van der Waals surface area (Å²) in [7, 11) is -6.70. The van der Waals surface area contributed by atoms with Gasteiger partial charge >= 0.3 is 0 Å². The van der Waals surface area contributed by atoms with Gasteiger partial charge in [0, 0.05) is 24.5 Å². The quantitative estimate of drug-likeness (QED) is 0.0266. The molecule has 5 aromatic carbocycles. The van der Waals surface area contributed by atoms with Crippen molar-refractivity contribution in [1.29, 1.82) is 0 Å². The summed E-state index contributed by atoms with van der Waals surface area (Å²) in [6.07, 6.45) is 1.65. The number of aryl methyl sites for hydroxylation is 1. The number of hydrogen-bond donors (Lipinski definition) is 5. The third kappa shape index (κ3) is 13.1. The highest BCUT2D eigenvalue weighted by atomic mass is 32.2. The van der Waals surface area contributed by atoms with Crippen LogP contribution in [0.3, 0.4) is 0 Å². The maximum atomic E-state index is 14.5. The minimum absolute atomic E-state index is 0.0109. The molecule has 0 unspecified atom stereocenters. The molecule has 0 bridgehead atoms. The zero-order chi connectivity index (χ0) is 47.4. The van der Waals surface area contributed by atoms with E-state index < -0.39 is 55.8 Å². The number of ketones is 1. The fourth-order valence-electron chi connectivity index (χ4n) is 7.57. The highest BCUT2D eigenvalue weighted by Crippen LogP contribution is 2.30. The average Bonchev–Trinajstić information content (AvgIpc) is 3.83. The molecule has 0 aliphatic rings. The number of amides is 2. The van der Waals surface area contributed by atoms with E-state index in [9.17, 15) is 31.2 Å². The Kier molecular flexibility index (Phi) is 16.4. The Morgan fingerprint density at radius 1 is 0.742 bits per heavy atom. The van der Waals surface area contributed by atoms with E-state index in [4.69, 9.17) is 10.5 Å². The first kappa shape index (κ1) is 49.0. The molecule has 0 saturated carbocycles. The van der Waals surface area contributed by atoms with E-state index in [-0.39, 0.29) is 53.8 Å². The SMILES string of the molecule is COc1cc(C)c(S(=O)(=O)NC(N)=NCCC[C@H](NC(=O)[C@H](Cc2ccc3ccccc3c2)NC(=O)[C@@H](Cc2ccccc2)NS(=O)(=O)Cc2ccccc2)C(=O)c2nccs2)c(C)c1C. The molecule has 1 aromatic heterocycles. The second kappa shape index (κ2) is 22.1. The lowest BCUT2D eigenvalue weighted by molar-refractivity contribution is -0.130. The Balaban J connectivity index is 1.23. The second-order valence-corrected chi connectivity index (χ2v) is 20.1. The van der Waals surface area contributed by atoms with Crippen LogP contribution in [0.25, 0.3) is 10.8 Å². The van der Waals surface area contributed by atoms with Crippen LogP contribution in [0.15, 0.2) is 131 Å². The highest BCUT2D eigenvalue weighted by molar-refractivity contribution is 7.90. The van der Waals surface area contributed by atoms with Crippen LogP contribution in [0, 0.1) is 20.8 Å². The van der Waals surface area contributed by atoms with Crippen molar-refractivity contribution in [3.8, 4) is 5.75 Å². The fourth-order valence-corrected chi connectivity index (χ4v) is 11.0. The predicted octanol–water partition coefficient (Wildman–Crippen LogP) is 5.43. The van der Waals surface area contributed by atoms with E-state index in [0.29, 0.717) is 39.1 Å². The van der Waals surface area contributed by atoms with Crippen LogP contribution in [0.2, 0.25) is 0 Å². The van der Waals surface area contributed by atoms with Crippen LogP contribution in [0.5, 0.6) is 5.75 Å². The number of benzene rings is 5. The maximum absolute atomic E-state index is 14.5. The van der Waals surface area contributed by atoms with E-state index in [1.807, 2.05) is 42.5 Å². The largest absolute Gasteiger partial charge is 0.496 e. The number of hydrogen-bond acceptors (Lipinski definition) is 11. The topological polar surface area (TPSA) is 228 Å². The van der Waals surface area contributed by atoms with Crippen LogP contribution in [0.4, 0.5) is 0 Å². The zero-order valence-electron chi connectivity index (χ0n) is 37.0. The number of nitrogens with one attached hydrogen (secondary N) is 4. The number of nitrogens with two attached hydrogens (primary N) is 1. The van der Waals surface area contributed by atoms with Gasteiger partial charge in [-0.05, 0) is 90.3 Å². The van der Waals surface area contributed by atoms with Crippen molar-refractivity contribution >= 4 is 65.7 Å². The van der Waals surface area contributed by atoms with Crippen molar-refractivity contribution in [1.82, 2.24) is 25.1 Å². The number of fused-ring (bicyclic) bond motifs is 1. The molecule has 346 valence electrons. The van der Waals surface area contributed by atoms with Gasteiger partial charge in [-0.1, -0.05) is 103 Å². The van der Waals surface area contributed by atoms with Gasteiger partial charge in [0.1, 0.15) is 17.8 Å². The monoisotopic (exact) mass is 951 g/mol. The molecule has 3 atom stereocenters. The maximum Gasteiger partial charge on any atom is 0.264 e. The van der Waals surface area contributed by atoms with Crippen molar-refractivity contribution in [3.05, 3.63) is 159 Å². The summed E-state index contributed by atoms with van der Waals surface area (Å²) in [5.41, 5.74) is 9.60. The highest BCUT2D eigenvalue weighted by Gasteiger charge is 2.32. The number of aromatic nitrogens is 1. The third-order valence-electron chi connectivity index (χ3n) is 10.9. The summed E-state index contributed by atoms with van der Waals surface area (Å²) in [6, 6.07) is 28.7. The Morgan fingerprint density at radius 2 is 1.36 bits per heavy atom. The minimum Gasteiger partial charge on any atom is -0.496 e. The Bertz CT molecular complexity index is 2910.